The zero-order valence-electron chi connectivity index (χ0n) is 14.1. The van der Waals surface area contributed by atoms with Crippen LogP contribution in [0.3, 0.4) is 0 Å². The molecule has 0 aliphatic heterocycles. The van der Waals surface area contributed by atoms with Crippen molar-refractivity contribution in [3.8, 4) is 0 Å². The lowest BCUT2D eigenvalue weighted by Crippen LogP contribution is -2.63. The quantitative estimate of drug-likeness (QED) is 0.711. The van der Waals surface area contributed by atoms with Crippen LogP contribution in [-0.2, 0) is 4.74 Å². The molecule has 0 aromatic rings. The van der Waals surface area contributed by atoms with Crippen LogP contribution in [0.4, 0.5) is 0 Å². The van der Waals surface area contributed by atoms with Crippen LogP contribution >= 0.6 is 0 Å². The highest BCUT2D eigenvalue weighted by Gasteiger charge is 2.49. The van der Waals surface area contributed by atoms with Gasteiger partial charge in [0.05, 0.1) is 6.10 Å². The third-order valence-electron chi connectivity index (χ3n) is 4.49. The summed E-state index contributed by atoms with van der Waals surface area (Å²) in [5.41, 5.74) is 0.280. The zero-order chi connectivity index (χ0) is 14.6. The van der Waals surface area contributed by atoms with E-state index in [2.05, 4.69) is 53.8 Å². The van der Waals surface area contributed by atoms with Gasteiger partial charge in [-0.15, -0.1) is 0 Å². The van der Waals surface area contributed by atoms with Gasteiger partial charge in [0.1, 0.15) is 0 Å². The van der Waals surface area contributed by atoms with Crippen molar-refractivity contribution in [3.05, 3.63) is 0 Å². The zero-order valence-corrected chi connectivity index (χ0v) is 14.1. The second-order valence-electron chi connectivity index (χ2n) is 7.68. The van der Waals surface area contributed by atoms with Gasteiger partial charge in [0.2, 0.25) is 0 Å². The van der Waals surface area contributed by atoms with E-state index in [4.69, 9.17) is 4.74 Å². The van der Waals surface area contributed by atoms with Crippen molar-refractivity contribution in [1.82, 2.24) is 5.32 Å². The van der Waals surface area contributed by atoms with E-state index in [0.29, 0.717) is 18.2 Å². The van der Waals surface area contributed by atoms with Crippen LogP contribution < -0.4 is 5.32 Å². The number of hydrogen-bond acceptors (Lipinski definition) is 2. The third-order valence-corrected chi connectivity index (χ3v) is 4.49. The Labute approximate surface area is 120 Å². The predicted molar refractivity (Wildman–Crippen MR) is 83.4 cm³/mol. The average molecular weight is 269 g/mol. The van der Waals surface area contributed by atoms with Crippen molar-refractivity contribution >= 4 is 0 Å². The van der Waals surface area contributed by atoms with Crippen molar-refractivity contribution in [2.24, 2.45) is 17.3 Å². The van der Waals surface area contributed by atoms with Crippen molar-refractivity contribution in [3.63, 3.8) is 0 Å². The maximum Gasteiger partial charge on any atom is 0.0655 e. The molecule has 1 aliphatic rings. The second-order valence-corrected chi connectivity index (χ2v) is 7.68. The van der Waals surface area contributed by atoms with E-state index in [0.717, 1.165) is 18.4 Å². The molecule has 1 rings (SSSR count). The molecule has 2 heteroatoms. The SMILES string of the molecule is CCOC1CC(NC(CC(C)C)CC(C)C)C1(C)C. The van der Waals surface area contributed by atoms with Gasteiger partial charge in [-0.2, -0.15) is 0 Å². The summed E-state index contributed by atoms with van der Waals surface area (Å²) in [5, 5.41) is 3.91. The molecule has 0 radical (unpaired) electrons. The number of hydrogen-bond donors (Lipinski definition) is 1. The molecule has 2 unspecified atom stereocenters. The summed E-state index contributed by atoms with van der Waals surface area (Å²) in [6.07, 6.45) is 4.18. The minimum absolute atomic E-state index is 0.280. The Hall–Kier alpha value is -0.0800. The van der Waals surface area contributed by atoms with Gasteiger partial charge in [-0.3, -0.25) is 0 Å². The Morgan fingerprint density at radius 3 is 2.00 bits per heavy atom. The van der Waals surface area contributed by atoms with Crippen molar-refractivity contribution in [2.45, 2.75) is 85.9 Å². The van der Waals surface area contributed by atoms with E-state index in [1.807, 2.05) is 0 Å². The topological polar surface area (TPSA) is 21.3 Å². The summed E-state index contributed by atoms with van der Waals surface area (Å²) >= 11 is 0. The van der Waals surface area contributed by atoms with Gasteiger partial charge in [0.15, 0.2) is 0 Å². The highest BCUT2D eigenvalue weighted by molar-refractivity contribution is 5.03. The van der Waals surface area contributed by atoms with Gasteiger partial charge in [-0.05, 0) is 38.0 Å². The fourth-order valence-electron chi connectivity index (χ4n) is 3.31. The standard InChI is InChI=1S/C17H35NO/c1-8-19-16-11-15(17(16,6)7)18-14(9-12(2)3)10-13(4)5/h12-16,18H,8-11H2,1-7H3. The molecule has 1 saturated carbocycles. The fraction of sp³-hybridized carbons (Fsp3) is 1.00. The summed E-state index contributed by atoms with van der Waals surface area (Å²) < 4.78 is 5.83. The monoisotopic (exact) mass is 269 g/mol. The largest absolute Gasteiger partial charge is 0.378 e. The molecular weight excluding hydrogens is 234 g/mol. The summed E-state index contributed by atoms with van der Waals surface area (Å²) in [4.78, 5) is 0. The summed E-state index contributed by atoms with van der Waals surface area (Å²) in [7, 11) is 0. The van der Waals surface area contributed by atoms with Gasteiger partial charge < -0.3 is 10.1 Å². The first-order valence-electron chi connectivity index (χ1n) is 8.15. The van der Waals surface area contributed by atoms with Crippen LogP contribution in [0.25, 0.3) is 0 Å². The van der Waals surface area contributed by atoms with Crippen LogP contribution in [0.2, 0.25) is 0 Å². The molecule has 114 valence electrons. The molecule has 1 N–H and O–H groups in total. The molecule has 2 atom stereocenters. The predicted octanol–water partition coefficient (Wildman–Crippen LogP) is 4.24. The van der Waals surface area contributed by atoms with Gasteiger partial charge in [0, 0.05) is 24.1 Å². The van der Waals surface area contributed by atoms with E-state index < -0.39 is 0 Å². The molecule has 0 heterocycles. The lowest BCUT2D eigenvalue weighted by Gasteiger charge is -2.53. The number of nitrogens with one attached hydrogen (secondary N) is 1. The van der Waals surface area contributed by atoms with E-state index in [1.165, 1.54) is 19.3 Å². The number of rotatable bonds is 8. The molecule has 19 heavy (non-hydrogen) atoms. The highest BCUT2D eigenvalue weighted by atomic mass is 16.5. The van der Waals surface area contributed by atoms with Gasteiger partial charge in [0.25, 0.3) is 0 Å². The Morgan fingerprint density at radius 2 is 1.63 bits per heavy atom. The number of ether oxygens (including phenoxy) is 1. The minimum Gasteiger partial charge on any atom is -0.378 e. The highest BCUT2D eigenvalue weighted by Crippen LogP contribution is 2.43. The Kier molecular flexibility index (Phi) is 6.32. The molecule has 0 spiro atoms. The first kappa shape index (κ1) is 17.0. The normalized spacial score (nSPS) is 26.2. The van der Waals surface area contributed by atoms with Gasteiger partial charge in [-0.25, -0.2) is 0 Å². The van der Waals surface area contributed by atoms with Crippen LogP contribution in [-0.4, -0.2) is 24.8 Å². The van der Waals surface area contributed by atoms with E-state index in [1.54, 1.807) is 0 Å². The Bertz CT molecular complexity index is 250. The van der Waals surface area contributed by atoms with Crippen LogP contribution in [0.1, 0.15) is 67.7 Å². The molecule has 0 aromatic carbocycles. The van der Waals surface area contributed by atoms with Crippen molar-refractivity contribution in [2.75, 3.05) is 6.61 Å². The first-order valence-corrected chi connectivity index (χ1v) is 8.15. The van der Waals surface area contributed by atoms with Crippen LogP contribution in [0.15, 0.2) is 0 Å². The lowest BCUT2D eigenvalue weighted by molar-refractivity contribution is -0.117. The lowest BCUT2D eigenvalue weighted by atomic mass is 9.64. The summed E-state index contributed by atoms with van der Waals surface area (Å²) in [6, 6.07) is 1.28. The smallest absolute Gasteiger partial charge is 0.0655 e. The molecule has 0 saturated heterocycles. The fourth-order valence-corrected chi connectivity index (χ4v) is 3.31. The maximum atomic E-state index is 5.83. The molecule has 1 fully saturated rings. The van der Waals surface area contributed by atoms with Crippen molar-refractivity contribution in [1.29, 1.82) is 0 Å². The van der Waals surface area contributed by atoms with Crippen molar-refractivity contribution < 1.29 is 4.74 Å². The molecule has 0 aromatic heterocycles. The van der Waals surface area contributed by atoms with E-state index in [-0.39, 0.29) is 5.41 Å². The Morgan fingerprint density at radius 1 is 1.11 bits per heavy atom. The first-order chi connectivity index (χ1) is 8.77. The molecule has 0 bridgehead atoms. The van der Waals surface area contributed by atoms with E-state index in [9.17, 15) is 0 Å². The van der Waals surface area contributed by atoms with Gasteiger partial charge >= 0.3 is 0 Å². The third kappa shape index (κ3) is 4.75. The van der Waals surface area contributed by atoms with Gasteiger partial charge in [-0.1, -0.05) is 41.5 Å². The second kappa shape index (κ2) is 7.08. The molecule has 0 amide bonds. The van der Waals surface area contributed by atoms with Crippen LogP contribution in [0, 0.1) is 17.3 Å². The minimum atomic E-state index is 0.280. The average Bonchev–Trinajstić information content (AvgIpc) is 2.26. The van der Waals surface area contributed by atoms with Crippen LogP contribution in [0.5, 0.6) is 0 Å². The van der Waals surface area contributed by atoms with E-state index >= 15 is 0 Å². The Balaban J connectivity index is 2.51. The summed E-state index contributed by atoms with van der Waals surface area (Å²) in [5.74, 6) is 1.53. The molecule has 2 nitrogen and oxygen atoms in total. The summed E-state index contributed by atoms with van der Waals surface area (Å²) in [6.45, 7) is 16.9. The molecule has 1 aliphatic carbocycles. The molecular formula is C17H35NO. The maximum absolute atomic E-state index is 5.83.